The number of carboxylic acids is 1. The summed E-state index contributed by atoms with van der Waals surface area (Å²) >= 11 is 6.15. The molecule has 4 rings (SSSR count). The first-order valence-electron chi connectivity index (χ1n) is 7.88. The second-order valence-corrected chi connectivity index (χ2v) is 7.05. The highest BCUT2D eigenvalue weighted by Gasteiger charge is 2.52. The van der Waals surface area contributed by atoms with Crippen LogP contribution in [0.25, 0.3) is 0 Å². The van der Waals surface area contributed by atoms with E-state index in [1.807, 2.05) is 18.2 Å². The van der Waals surface area contributed by atoms with Gasteiger partial charge in [-0.15, -0.1) is 0 Å². The number of anilines is 1. The SMILES string of the molecule is NN1c2ccc(Cl)cc2C2CCN3CCCC(C(=O)O)C3C21. The molecule has 0 amide bonds. The molecule has 118 valence electrons. The maximum Gasteiger partial charge on any atom is 0.308 e. The number of carboxylic acid groups (broad SMARTS) is 1. The summed E-state index contributed by atoms with van der Waals surface area (Å²) in [5.74, 6) is 5.64. The standard InChI is InChI=1S/C16H20ClN3O2/c17-9-3-4-13-12(8-9)10-5-7-19-6-1-2-11(16(21)22)14(19)15(10)20(13)18/h3-4,8,10-11,14-15H,1-2,5-7,18H2,(H,21,22). The molecule has 5 nitrogen and oxygen atoms in total. The molecule has 0 radical (unpaired) electrons. The lowest BCUT2D eigenvalue weighted by molar-refractivity contribution is -0.147. The first-order chi connectivity index (χ1) is 10.6. The van der Waals surface area contributed by atoms with Crippen LogP contribution >= 0.6 is 11.6 Å². The second kappa shape index (κ2) is 5.11. The van der Waals surface area contributed by atoms with Crippen molar-refractivity contribution in [3.8, 4) is 0 Å². The summed E-state index contributed by atoms with van der Waals surface area (Å²) < 4.78 is 0. The summed E-state index contributed by atoms with van der Waals surface area (Å²) in [6, 6.07) is 5.82. The number of nitrogens with zero attached hydrogens (tertiary/aromatic N) is 2. The minimum absolute atomic E-state index is 0.0128. The van der Waals surface area contributed by atoms with Gasteiger partial charge in [-0.2, -0.15) is 0 Å². The molecule has 3 heterocycles. The lowest BCUT2D eigenvalue weighted by Crippen LogP contribution is -2.63. The van der Waals surface area contributed by atoms with Crippen molar-refractivity contribution in [2.45, 2.75) is 37.3 Å². The molecule has 22 heavy (non-hydrogen) atoms. The molecule has 0 aromatic heterocycles. The Morgan fingerprint density at radius 1 is 1.27 bits per heavy atom. The van der Waals surface area contributed by atoms with Gasteiger partial charge in [0.15, 0.2) is 0 Å². The Labute approximate surface area is 134 Å². The molecule has 4 unspecified atom stereocenters. The predicted molar refractivity (Wildman–Crippen MR) is 85.0 cm³/mol. The molecular formula is C16H20ClN3O2. The summed E-state index contributed by atoms with van der Waals surface area (Å²) in [6.45, 7) is 1.91. The Kier molecular flexibility index (Phi) is 3.33. The van der Waals surface area contributed by atoms with Crippen molar-refractivity contribution in [1.29, 1.82) is 0 Å². The van der Waals surface area contributed by atoms with Gasteiger partial charge in [0.1, 0.15) is 0 Å². The molecule has 0 saturated carbocycles. The van der Waals surface area contributed by atoms with E-state index in [0.717, 1.165) is 38.0 Å². The normalized spacial score (nSPS) is 34.0. The van der Waals surface area contributed by atoms with Crippen LogP contribution in [-0.2, 0) is 4.79 Å². The Morgan fingerprint density at radius 2 is 2.09 bits per heavy atom. The first kappa shape index (κ1) is 14.3. The Hall–Kier alpha value is -1.30. The van der Waals surface area contributed by atoms with Crippen LogP contribution in [0.5, 0.6) is 0 Å². The third kappa shape index (κ3) is 1.96. The van der Waals surface area contributed by atoms with E-state index in [4.69, 9.17) is 17.4 Å². The maximum atomic E-state index is 11.7. The predicted octanol–water partition coefficient (Wildman–Crippen LogP) is 2.05. The smallest absolute Gasteiger partial charge is 0.308 e. The van der Waals surface area contributed by atoms with Crippen LogP contribution in [0.3, 0.4) is 0 Å². The molecule has 4 atom stereocenters. The van der Waals surface area contributed by atoms with Gasteiger partial charge in [-0.25, -0.2) is 5.84 Å². The fourth-order valence-corrected chi connectivity index (χ4v) is 4.88. The molecule has 1 aromatic rings. The van der Waals surface area contributed by atoms with Crippen LogP contribution < -0.4 is 10.9 Å². The monoisotopic (exact) mass is 321 g/mol. The molecule has 1 aromatic carbocycles. The van der Waals surface area contributed by atoms with Gasteiger partial charge in [-0.3, -0.25) is 9.69 Å². The van der Waals surface area contributed by atoms with Gasteiger partial charge in [0.25, 0.3) is 0 Å². The lowest BCUT2D eigenvalue weighted by Gasteiger charge is -2.50. The lowest BCUT2D eigenvalue weighted by atomic mass is 9.75. The molecule has 0 bridgehead atoms. The summed E-state index contributed by atoms with van der Waals surface area (Å²) in [5, 5.41) is 12.2. The molecule has 0 aliphatic carbocycles. The number of fused-ring (bicyclic) bond motifs is 5. The number of piperidine rings is 2. The van der Waals surface area contributed by atoms with E-state index >= 15 is 0 Å². The van der Waals surface area contributed by atoms with Crippen molar-refractivity contribution in [1.82, 2.24) is 4.90 Å². The van der Waals surface area contributed by atoms with Gasteiger partial charge in [0.2, 0.25) is 0 Å². The van der Waals surface area contributed by atoms with Gasteiger partial charge in [0.05, 0.1) is 17.6 Å². The largest absolute Gasteiger partial charge is 0.481 e. The third-order valence-electron chi connectivity index (χ3n) is 5.59. The topological polar surface area (TPSA) is 69.8 Å². The average molecular weight is 322 g/mol. The zero-order valence-corrected chi connectivity index (χ0v) is 13.0. The third-order valence-corrected chi connectivity index (χ3v) is 5.82. The van der Waals surface area contributed by atoms with Crippen LogP contribution in [0, 0.1) is 5.92 Å². The number of halogens is 1. The van der Waals surface area contributed by atoms with E-state index in [1.165, 1.54) is 5.56 Å². The number of rotatable bonds is 1. The van der Waals surface area contributed by atoms with E-state index in [0.29, 0.717) is 5.02 Å². The van der Waals surface area contributed by atoms with Crippen molar-refractivity contribution < 1.29 is 9.90 Å². The van der Waals surface area contributed by atoms with Crippen molar-refractivity contribution in [2.24, 2.45) is 11.8 Å². The van der Waals surface area contributed by atoms with Crippen molar-refractivity contribution >= 4 is 23.3 Å². The fourth-order valence-electron chi connectivity index (χ4n) is 4.70. The Bertz CT molecular complexity index is 623. The number of benzene rings is 1. The van der Waals surface area contributed by atoms with Gasteiger partial charge in [-0.05, 0) is 56.1 Å². The van der Waals surface area contributed by atoms with Crippen molar-refractivity contribution in [2.75, 3.05) is 18.1 Å². The molecular weight excluding hydrogens is 302 g/mol. The number of hydrogen-bond acceptors (Lipinski definition) is 4. The van der Waals surface area contributed by atoms with E-state index in [9.17, 15) is 9.90 Å². The first-order valence-corrected chi connectivity index (χ1v) is 8.26. The molecule has 0 spiro atoms. The number of carbonyl (C=O) groups is 1. The molecule has 2 saturated heterocycles. The van der Waals surface area contributed by atoms with Crippen LogP contribution in [0.1, 0.15) is 30.7 Å². The van der Waals surface area contributed by atoms with Crippen LogP contribution in [0.15, 0.2) is 18.2 Å². The Morgan fingerprint density at radius 3 is 2.86 bits per heavy atom. The summed E-state index contributed by atoms with van der Waals surface area (Å²) in [7, 11) is 0. The van der Waals surface area contributed by atoms with E-state index < -0.39 is 5.97 Å². The quantitative estimate of drug-likeness (QED) is 0.775. The van der Waals surface area contributed by atoms with Crippen LogP contribution in [-0.4, -0.2) is 41.1 Å². The number of hydrazine groups is 1. The minimum Gasteiger partial charge on any atom is -0.481 e. The minimum atomic E-state index is -0.697. The highest BCUT2D eigenvalue weighted by Crippen LogP contribution is 2.49. The maximum absolute atomic E-state index is 11.7. The summed E-state index contributed by atoms with van der Waals surface area (Å²) in [4.78, 5) is 14.1. The van der Waals surface area contributed by atoms with Gasteiger partial charge >= 0.3 is 5.97 Å². The van der Waals surface area contributed by atoms with Gasteiger partial charge in [0, 0.05) is 17.0 Å². The van der Waals surface area contributed by atoms with Crippen molar-refractivity contribution in [3.05, 3.63) is 28.8 Å². The number of aliphatic carboxylic acids is 1. The molecule has 3 aliphatic heterocycles. The van der Waals surface area contributed by atoms with Crippen LogP contribution in [0.4, 0.5) is 5.69 Å². The highest BCUT2D eigenvalue weighted by atomic mass is 35.5. The summed E-state index contributed by atoms with van der Waals surface area (Å²) in [6.07, 6.45) is 2.70. The zero-order valence-electron chi connectivity index (χ0n) is 12.3. The van der Waals surface area contributed by atoms with E-state index in [-0.39, 0.29) is 23.9 Å². The molecule has 3 aliphatic rings. The van der Waals surface area contributed by atoms with Crippen LogP contribution in [0.2, 0.25) is 5.02 Å². The van der Waals surface area contributed by atoms with E-state index in [1.54, 1.807) is 5.01 Å². The van der Waals surface area contributed by atoms with Gasteiger partial charge in [-0.1, -0.05) is 11.6 Å². The molecule has 3 N–H and O–H groups in total. The number of nitrogens with two attached hydrogens (primary N) is 1. The van der Waals surface area contributed by atoms with Gasteiger partial charge < -0.3 is 10.1 Å². The molecule has 2 fully saturated rings. The number of hydrogen-bond donors (Lipinski definition) is 2. The Balaban J connectivity index is 1.76. The highest BCUT2D eigenvalue weighted by molar-refractivity contribution is 6.30. The van der Waals surface area contributed by atoms with Crippen molar-refractivity contribution in [3.63, 3.8) is 0 Å². The zero-order chi connectivity index (χ0) is 15.4. The van der Waals surface area contributed by atoms with E-state index in [2.05, 4.69) is 4.90 Å². The second-order valence-electron chi connectivity index (χ2n) is 6.61. The summed E-state index contributed by atoms with van der Waals surface area (Å²) in [5.41, 5.74) is 2.17. The molecule has 6 heteroatoms. The fraction of sp³-hybridized carbons (Fsp3) is 0.562. The average Bonchev–Trinajstić information content (AvgIpc) is 2.79.